The van der Waals surface area contributed by atoms with Gasteiger partial charge in [-0.1, -0.05) is 0 Å². The molecule has 1 heterocycles. The zero-order valence-electron chi connectivity index (χ0n) is 15.6. The molecule has 0 saturated heterocycles. The highest BCUT2D eigenvalue weighted by molar-refractivity contribution is 8.14. The number of rotatable bonds is 12. The molecule has 0 radical (unpaired) electrons. The highest BCUT2D eigenvalue weighted by atomic mass is 32.2. The smallest absolute Gasteiger partial charge is 0.332 e. The Morgan fingerprint density at radius 3 is 2.59 bits per heavy atom. The molecule has 27 heavy (non-hydrogen) atoms. The lowest BCUT2D eigenvalue weighted by atomic mass is 10.1. The summed E-state index contributed by atoms with van der Waals surface area (Å²) in [6.45, 7) is 4.83. The topological polar surface area (TPSA) is 110 Å². The Labute approximate surface area is 162 Å². The van der Waals surface area contributed by atoms with Crippen LogP contribution in [-0.2, 0) is 19.0 Å². The molecular weight excluding hydrogens is 372 g/mol. The van der Waals surface area contributed by atoms with Crippen LogP contribution in [0.4, 0.5) is 5.69 Å². The normalized spacial score (nSPS) is 19.1. The Morgan fingerprint density at radius 2 is 1.96 bits per heavy atom. The summed E-state index contributed by atoms with van der Waals surface area (Å²) in [5, 5.41) is 23.2. The summed E-state index contributed by atoms with van der Waals surface area (Å²) in [6.07, 6.45) is 0. The summed E-state index contributed by atoms with van der Waals surface area (Å²) < 4.78 is 15.6. The minimum Gasteiger partial charge on any atom is -0.507 e. The first kappa shape index (κ1) is 21.5. The van der Waals surface area contributed by atoms with Crippen molar-refractivity contribution in [3.05, 3.63) is 23.8 Å². The number of nitrogens with zero attached hydrogens (tertiary/aromatic N) is 1. The van der Waals surface area contributed by atoms with Crippen LogP contribution in [0.2, 0.25) is 0 Å². The zero-order valence-corrected chi connectivity index (χ0v) is 16.4. The fourth-order valence-corrected chi connectivity index (χ4v) is 3.50. The van der Waals surface area contributed by atoms with E-state index in [4.69, 9.17) is 14.2 Å². The lowest BCUT2D eigenvalue weighted by Gasteiger charge is -2.12. The van der Waals surface area contributed by atoms with E-state index in [1.807, 2.05) is 6.07 Å². The molecule has 0 bridgehead atoms. The molecule has 0 fully saturated rings. The second-order valence-corrected chi connectivity index (χ2v) is 7.12. The van der Waals surface area contributed by atoms with Crippen molar-refractivity contribution in [3.8, 4) is 5.75 Å². The first-order valence-electron chi connectivity index (χ1n) is 8.64. The minimum atomic E-state index is -1.14. The van der Waals surface area contributed by atoms with Gasteiger partial charge in [0.15, 0.2) is 5.54 Å². The predicted molar refractivity (Wildman–Crippen MR) is 105 cm³/mol. The lowest BCUT2D eigenvalue weighted by molar-refractivity contribution is -0.141. The Morgan fingerprint density at radius 1 is 1.26 bits per heavy atom. The molecule has 150 valence electrons. The molecule has 9 heteroatoms. The molecular formula is C18H26N2O6S. The van der Waals surface area contributed by atoms with Crippen molar-refractivity contribution in [1.82, 2.24) is 0 Å². The monoisotopic (exact) mass is 398 g/mol. The number of aliphatic carboxylic acids is 1. The molecule has 0 amide bonds. The first-order chi connectivity index (χ1) is 13.0. The number of benzene rings is 1. The Kier molecular flexibility index (Phi) is 8.36. The van der Waals surface area contributed by atoms with Gasteiger partial charge in [-0.15, -0.1) is 11.8 Å². The second kappa shape index (κ2) is 10.5. The summed E-state index contributed by atoms with van der Waals surface area (Å²) in [4.78, 5) is 15.5. The summed E-state index contributed by atoms with van der Waals surface area (Å²) in [5.41, 5.74) is 0.148. The summed E-state index contributed by atoms with van der Waals surface area (Å²) in [6, 6.07) is 5.16. The molecule has 0 aromatic heterocycles. The zero-order chi connectivity index (χ0) is 19.7. The molecule has 1 aromatic carbocycles. The van der Waals surface area contributed by atoms with Gasteiger partial charge in [-0.05, 0) is 19.1 Å². The van der Waals surface area contributed by atoms with Gasteiger partial charge in [0.05, 0.1) is 33.0 Å². The predicted octanol–water partition coefficient (Wildman–Crippen LogP) is 1.82. The van der Waals surface area contributed by atoms with Crippen LogP contribution >= 0.6 is 11.8 Å². The van der Waals surface area contributed by atoms with E-state index in [1.165, 1.54) is 11.8 Å². The quantitative estimate of drug-likeness (QED) is 0.458. The Balaban J connectivity index is 1.76. The van der Waals surface area contributed by atoms with Crippen LogP contribution in [0, 0.1) is 0 Å². The fraction of sp³-hybridized carbons (Fsp3) is 0.556. The van der Waals surface area contributed by atoms with Gasteiger partial charge < -0.3 is 29.7 Å². The van der Waals surface area contributed by atoms with Gasteiger partial charge in [-0.3, -0.25) is 4.99 Å². The van der Waals surface area contributed by atoms with Crippen molar-refractivity contribution in [1.29, 1.82) is 0 Å². The maximum Gasteiger partial charge on any atom is 0.332 e. The standard InChI is InChI=1S/C18H26N2O6S/c1-18(17(22)23)12-27-16(20-18)14-4-3-13(11-15(14)21)19-5-6-25-9-10-26-8-7-24-2/h3-4,11,19,21H,5-10,12H2,1-2H3,(H,22,23). The molecule has 1 atom stereocenters. The number of carboxylic acids is 1. The summed E-state index contributed by atoms with van der Waals surface area (Å²) in [5.74, 6) is -0.552. The molecule has 2 rings (SSSR count). The van der Waals surface area contributed by atoms with E-state index >= 15 is 0 Å². The highest BCUT2D eigenvalue weighted by Crippen LogP contribution is 2.35. The van der Waals surface area contributed by atoms with Crippen molar-refractivity contribution >= 4 is 28.5 Å². The number of nitrogens with one attached hydrogen (secondary N) is 1. The van der Waals surface area contributed by atoms with E-state index in [2.05, 4.69) is 10.3 Å². The molecule has 0 aliphatic carbocycles. The van der Waals surface area contributed by atoms with E-state index in [0.29, 0.717) is 55.9 Å². The number of methoxy groups -OCH3 is 1. The third-order valence-corrected chi connectivity index (χ3v) is 5.20. The van der Waals surface area contributed by atoms with E-state index in [0.717, 1.165) is 5.69 Å². The van der Waals surface area contributed by atoms with Crippen LogP contribution in [-0.4, -0.2) is 79.2 Å². The third kappa shape index (κ3) is 6.39. The van der Waals surface area contributed by atoms with Gasteiger partial charge in [-0.2, -0.15) is 0 Å². The SMILES string of the molecule is COCCOCCOCCNc1ccc(C2=NC(C)(C(=O)O)CS2)c(O)c1. The van der Waals surface area contributed by atoms with E-state index < -0.39 is 11.5 Å². The number of ether oxygens (including phenoxy) is 3. The molecule has 0 saturated carbocycles. The maximum absolute atomic E-state index is 11.3. The maximum atomic E-state index is 11.3. The van der Waals surface area contributed by atoms with Crippen LogP contribution in [0.25, 0.3) is 0 Å². The van der Waals surface area contributed by atoms with Crippen LogP contribution in [0.1, 0.15) is 12.5 Å². The van der Waals surface area contributed by atoms with Gasteiger partial charge in [0, 0.05) is 36.7 Å². The average Bonchev–Trinajstić information content (AvgIpc) is 3.04. The number of hydrogen-bond acceptors (Lipinski definition) is 8. The van der Waals surface area contributed by atoms with Crippen molar-refractivity contribution in [3.63, 3.8) is 0 Å². The third-order valence-electron chi connectivity index (χ3n) is 3.91. The number of hydrogen-bond donors (Lipinski definition) is 3. The van der Waals surface area contributed by atoms with E-state index in [9.17, 15) is 15.0 Å². The number of phenols is 1. The highest BCUT2D eigenvalue weighted by Gasteiger charge is 2.38. The number of aromatic hydroxyl groups is 1. The molecule has 3 N–H and O–H groups in total. The van der Waals surface area contributed by atoms with E-state index in [1.54, 1.807) is 26.2 Å². The second-order valence-electron chi connectivity index (χ2n) is 6.16. The molecule has 1 aromatic rings. The largest absolute Gasteiger partial charge is 0.507 e. The summed E-state index contributed by atoms with van der Waals surface area (Å²) >= 11 is 1.33. The lowest BCUT2D eigenvalue weighted by Crippen LogP contribution is -2.33. The number of anilines is 1. The molecule has 1 aliphatic heterocycles. The van der Waals surface area contributed by atoms with Gasteiger partial charge in [0.25, 0.3) is 0 Å². The average molecular weight is 398 g/mol. The first-order valence-corrected chi connectivity index (χ1v) is 9.62. The minimum absolute atomic E-state index is 0.0633. The van der Waals surface area contributed by atoms with Crippen LogP contribution in [0.5, 0.6) is 5.75 Å². The van der Waals surface area contributed by atoms with Gasteiger partial charge in [0.1, 0.15) is 10.8 Å². The van der Waals surface area contributed by atoms with Gasteiger partial charge in [-0.25, -0.2) is 4.79 Å². The van der Waals surface area contributed by atoms with Gasteiger partial charge >= 0.3 is 5.97 Å². The molecule has 0 spiro atoms. The summed E-state index contributed by atoms with van der Waals surface area (Å²) in [7, 11) is 1.63. The number of aliphatic imine (C=N–C) groups is 1. The molecule has 1 unspecified atom stereocenters. The van der Waals surface area contributed by atoms with Gasteiger partial charge in [0.2, 0.25) is 0 Å². The Hall–Kier alpha value is -1.81. The van der Waals surface area contributed by atoms with E-state index in [-0.39, 0.29) is 5.75 Å². The number of thioether (sulfide) groups is 1. The van der Waals surface area contributed by atoms with Crippen LogP contribution < -0.4 is 5.32 Å². The molecule has 8 nitrogen and oxygen atoms in total. The van der Waals surface area contributed by atoms with Crippen LogP contribution in [0.15, 0.2) is 23.2 Å². The van der Waals surface area contributed by atoms with Crippen molar-refractivity contribution in [2.45, 2.75) is 12.5 Å². The fourth-order valence-electron chi connectivity index (χ4n) is 2.30. The van der Waals surface area contributed by atoms with Crippen LogP contribution in [0.3, 0.4) is 0 Å². The number of carboxylic acid groups (broad SMARTS) is 1. The van der Waals surface area contributed by atoms with Crippen molar-refractivity contribution in [2.75, 3.05) is 57.8 Å². The molecule has 1 aliphatic rings. The number of carbonyl (C=O) groups is 1. The number of phenolic OH excluding ortho intramolecular Hbond substituents is 1. The Bertz CT molecular complexity index is 669. The van der Waals surface area contributed by atoms with Crippen molar-refractivity contribution < 1.29 is 29.2 Å². The van der Waals surface area contributed by atoms with Crippen molar-refractivity contribution in [2.24, 2.45) is 4.99 Å².